The number of carbonyl (C=O) groups is 1. The lowest BCUT2D eigenvalue weighted by Crippen LogP contribution is -2.25. The minimum atomic E-state index is -0.0759. The highest BCUT2D eigenvalue weighted by atomic mass is 79.9. The van der Waals surface area contributed by atoms with Gasteiger partial charge in [0.2, 0.25) is 0 Å². The fraction of sp³-hybridized carbons (Fsp3) is 0.154. The molecule has 0 fully saturated rings. The molecule has 0 unspecified atom stereocenters. The zero-order chi connectivity index (χ0) is 13.0. The van der Waals surface area contributed by atoms with Crippen LogP contribution < -0.4 is 5.32 Å². The molecule has 5 heteroatoms. The predicted octanol–water partition coefficient (Wildman–Crippen LogP) is 3.77. The molecule has 0 aliphatic carbocycles. The van der Waals surface area contributed by atoms with Gasteiger partial charge in [0.15, 0.2) is 0 Å². The van der Waals surface area contributed by atoms with Crippen LogP contribution >= 0.6 is 39.9 Å². The van der Waals surface area contributed by atoms with Gasteiger partial charge in [-0.15, -0.1) is 12.6 Å². The van der Waals surface area contributed by atoms with E-state index in [0.717, 1.165) is 15.8 Å². The number of thiophene rings is 1. The lowest BCUT2D eigenvalue weighted by atomic mass is 10.2. The van der Waals surface area contributed by atoms with Gasteiger partial charge in [0.05, 0.1) is 5.56 Å². The van der Waals surface area contributed by atoms with Gasteiger partial charge in [0, 0.05) is 15.9 Å². The van der Waals surface area contributed by atoms with Crippen molar-refractivity contribution in [2.45, 2.75) is 11.3 Å². The highest BCUT2D eigenvalue weighted by Crippen LogP contribution is 2.20. The molecule has 1 aromatic heterocycles. The van der Waals surface area contributed by atoms with Crippen molar-refractivity contribution in [1.82, 2.24) is 5.32 Å². The second-order valence-corrected chi connectivity index (χ2v) is 5.95. The molecule has 0 atom stereocenters. The fourth-order valence-corrected chi connectivity index (χ4v) is 2.87. The summed E-state index contributed by atoms with van der Waals surface area (Å²) in [4.78, 5) is 12.8. The lowest BCUT2D eigenvalue weighted by molar-refractivity contribution is 0.0953. The van der Waals surface area contributed by atoms with E-state index in [1.54, 1.807) is 17.4 Å². The van der Waals surface area contributed by atoms with Gasteiger partial charge in [-0.05, 0) is 62.9 Å². The molecular weight excluding hydrogens is 330 g/mol. The standard InChI is InChI=1S/C13H12BrNOS2/c14-12-2-1-10(17)7-11(12)13(16)15-5-3-9-4-6-18-8-9/h1-2,4,6-8,17H,3,5H2,(H,15,16). The average Bonchev–Trinajstić information content (AvgIpc) is 2.85. The smallest absolute Gasteiger partial charge is 0.252 e. The summed E-state index contributed by atoms with van der Waals surface area (Å²) in [7, 11) is 0. The van der Waals surface area contributed by atoms with Crippen molar-refractivity contribution in [1.29, 1.82) is 0 Å². The van der Waals surface area contributed by atoms with Crippen LogP contribution in [0.3, 0.4) is 0 Å². The highest BCUT2D eigenvalue weighted by molar-refractivity contribution is 9.10. The van der Waals surface area contributed by atoms with Gasteiger partial charge in [-0.3, -0.25) is 4.79 Å². The summed E-state index contributed by atoms with van der Waals surface area (Å²) in [6.07, 6.45) is 0.855. The summed E-state index contributed by atoms with van der Waals surface area (Å²) in [5, 5.41) is 7.04. The molecule has 0 radical (unpaired) electrons. The second-order valence-electron chi connectivity index (χ2n) is 3.80. The Balaban J connectivity index is 1.93. The highest BCUT2D eigenvalue weighted by Gasteiger charge is 2.09. The van der Waals surface area contributed by atoms with Gasteiger partial charge in [-0.2, -0.15) is 11.3 Å². The first-order chi connectivity index (χ1) is 8.66. The van der Waals surface area contributed by atoms with Gasteiger partial charge >= 0.3 is 0 Å². The average molecular weight is 342 g/mol. The Hall–Kier alpha value is -0.780. The zero-order valence-corrected chi connectivity index (χ0v) is 12.8. The minimum Gasteiger partial charge on any atom is -0.352 e. The van der Waals surface area contributed by atoms with Gasteiger partial charge in [0.1, 0.15) is 0 Å². The van der Waals surface area contributed by atoms with Crippen molar-refractivity contribution in [2.24, 2.45) is 0 Å². The van der Waals surface area contributed by atoms with E-state index in [1.165, 1.54) is 5.56 Å². The molecule has 2 nitrogen and oxygen atoms in total. The normalized spacial score (nSPS) is 10.3. The number of carbonyl (C=O) groups excluding carboxylic acids is 1. The molecule has 1 aromatic carbocycles. The van der Waals surface area contributed by atoms with Gasteiger partial charge in [-0.1, -0.05) is 0 Å². The van der Waals surface area contributed by atoms with E-state index < -0.39 is 0 Å². The molecule has 1 amide bonds. The summed E-state index contributed by atoms with van der Waals surface area (Å²) in [6.45, 7) is 0.638. The van der Waals surface area contributed by atoms with E-state index in [1.807, 2.05) is 17.5 Å². The van der Waals surface area contributed by atoms with Crippen LogP contribution in [0.25, 0.3) is 0 Å². The van der Waals surface area contributed by atoms with Gasteiger partial charge in [0.25, 0.3) is 5.91 Å². The largest absolute Gasteiger partial charge is 0.352 e. The van der Waals surface area contributed by atoms with Crippen molar-refractivity contribution >= 4 is 45.8 Å². The summed E-state index contributed by atoms with van der Waals surface area (Å²) < 4.78 is 0.785. The van der Waals surface area contributed by atoms with Crippen LogP contribution in [0.2, 0.25) is 0 Å². The summed E-state index contributed by atoms with van der Waals surface area (Å²) in [5.74, 6) is -0.0759. The Morgan fingerprint density at radius 3 is 2.94 bits per heavy atom. The van der Waals surface area contributed by atoms with Crippen molar-refractivity contribution < 1.29 is 4.79 Å². The number of halogens is 1. The molecule has 1 heterocycles. The number of benzene rings is 1. The van der Waals surface area contributed by atoms with Crippen molar-refractivity contribution in [2.75, 3.05) is 6.54 Å². The number of hydrogen-bond donors (Lipinski definition) is 2. The van der Waals surface area contributed by atoms with E-state index in [4.69, 9.17) is 0 Å². The van der Waals surface area contributed by atoms with Crippen LogP contribution in [0.15, 0.2) is 44.4 Å². The van der Waals surface area contributed by atoms with E-state index in [2.05, 4.69) is 45.3 Å². The molecule has 0 aliphatic rings. The van der Waals surface area contributed by atoms with Crippen molar-refractivity contribution in [3.8, 4) is 0 Å². The van der Waals surface area contributed by atoms with Crippen molar-refractivity contribution in [3.05, 3.63) is 50.6 Å². The lowest BCUT2D eigenvalue weighted by Gasteiger charge is -2.07. The number of nitrogens with one attached hydrogen (secondary N) is 1. The third-order valence-corrected chi connectivity index (χ3v) is 4.18. The Morgan fingerprint density at radius 2 is 2.22 bits per heavy atom. The quantitative estimate of drug-likeness (QED) is 0.814. The van der Waals surface area contributed by atoms with Crippen LogP contribution in [-0.4, -0.2) is 12.5 Å². The molecule has 2 aromatic rings. The zero-order valence-electron chi connectivity index (χ0n) is 9.52. The number of thiol groups is 1. The third kappa shape index (κ3) is 3.60. The number of rotatable bonds is 4. The summed E-state index contributed by atoms with van der Waals surface area (Å²) >= 11 is 9.27. The van der Waals surface area contributed by atoms with Crippen LogP contribution in [-0.2, 0) is 6.42 Å². The molecular formula is C13H12BrNOS2. The molecule has 0 spiro atoms. The third-order valence-electron chi connectivity index (χ3n) is 2.47. The summed E-state index contributed by atoms with van der Waals surface area (Å²) in [6, 6.07) is 7.50. The molecule has 2 rings (SSSR count). The van der Waals surface area contributed by atoms with E-state index >= 15 is 0 Å². The van der Waals surface area contributed by atoms with E-state index in [9.17, 15) is 4.79 Å². The molecule has 1 N–H and O–H groups in total. The maximum absolute atomic E-state index is 12.0. The Morgan fingerprint density at radius 1 is 1.39 bits per heavy atom. The van der Waals surface area contributed by atoms with Gasteiger partial charge in [-0.25, -0.2) is 0 Å². The van der Waals surface area contributed by atoms with E-state index in [-0.39, 0.29) is 5.91 Å². The molecule has 0 saturated heterocycles. The van der Waals surface area contributed by atoms with Crippen LogP contribution in [0.4, 0.5) is 0 Å². The topological polar surface area (TPSA) is 29.1 Å². The maximum atomic E-state index is 12.0. The monoisotopic (exact) mass is 341 g/mol. The first-order valence-corrected chi connectivity index (χ1v) is 7.63. The van der Waals surface area contributed by atoms with Crippen LogP contribution in [0.1, 0.15) is 15.9 Å². The van der Waals surface area contributed by atoms with E-state index in [0.29, 0.717) is 12.1 Å². The number of amides is 1. The van der Waals surface area contributed by atoms with Crippen LogP contribution in [0, 0.1) is 0 Å². The van der Waals surface area contributed by atoms with Crippen molar-refractivity contribution in [3.63, 3.8) is 0 Å². The molecule has 18 heavy (non-hydrogen) atoms. The first-order valence-electron chi connectivity index (χ1n) is 5.44. The first kappa shape index (κ1) is 13.6. The van der Waals surface area contributed by atoms with Gasteiger partial charge < -0.3 is 5.32 Å². The Kier molecular flexibility index (Phi) is 4.86. The second kappa shape index (κ2) is 6.41. The fourth-order valence-electron chi connectivity index (χ4n) is 1.54. The Labute approximate surface area is 124 Å². The molecule has 0 bridgehead atoms. The molecule has 0 aliphatic heterocycles. The SMILES string of the molecule is O=C(NCCc1ccsc1)c1cc(S)ccc1Br. The molecule has 94 valence electrons. The summed E-state index contributed by atoms with van der Waals surface area (Å²) in [5.41, 5.74) is 1.87. The van der Waals surface area contributed by atoms with Crippen LogP contribution in [0.5, 0.6) is 0 Å². The predicted molar refractivity (Wildman–Crippen MR) is 81.8 cm³/mol. The Bertz CT molecular complexity index is 540. The number of hydrogen-bond acceptors (Lipinski definition) is 3. The minimum absolute atomic E-state index is 0.0759. The maximum Gasteiger partial charge on any atom is 0.252 e. The molecule has 0 saturated carbocycles.